The fourth-order valence-electron chi connectivity index (χ4n) is 2.02. The van der Waals surface area contributed by atoms with Gasteiger partial charge < -0.3 is 10.1 Å². The van der Waals surface area contributed by atoms with Crippen LogP contribution in [0.25, 0.3) is 6.08 Å². The van der Waals surface area contributed by atoms with Gasteiger partial charge in [0, 0.05) is 0 Å². The standard InChI is InChI=1S/C17H13BrN2O2S/c1-22-14-8-7-11(9-13(14)18)10-15-16(21)20-17(23-15)19-12-5-3-2-4-6-12/h2-10H,1H3,(H,19,20,21)/b15-10-. The van der Waals surface area contributed by atoms with Crippen LogP contribution in [0.15, 0.2) is 62.9 Å². The zero-order valence-electron chi connectivity index (χ0n) is 12.2. The Kier molecular flexibility index (Phi) is 4.83. The molecule has 116 valence electrons. The molecule has 0 bridgehead atoms. The summed E-state index contributed by atoms with van der Waals surface area (Å²) < 4.78 is 6.05. The topological polar surface area (TPSA) is 50.7 Å². The van der Waals surface area contributed by atoms with Gasteiger partial charge in [-0.25, -0.2) is 4.99 Å². The monoisotopic (exact) mass is 388 g/mol. The highest BCUT2D eigenvalue weighted by molar-refractivity contribution is 9.10. The maximum absolute atomic E-state index is 12.1. The molecule has 0 aromatic heterocycles. The number of amides is 1. The molecule has 1 N–H and O–H groups in total. The molecular weight excluding hydrogens is 376 g/mol. The highest BCUT2D eigenvalue weighted by Gasteiger charge is 2.23. The van der Waals surface area contributed by atoms with Gasteiger partial charge in [-0.1, -0.05) is 24.3 Å². The van der Waals surface area contributed by atoms with E-state index < -0.39 is 0 Å². The molecule has 1 saturated heterocycles. The average Bonchev–Trinajstić information content (AvgIpc) is 2.88. The lowest BCUT2D eigenvalue weighted by Crippen LogP contribution is -2.19. The number of carbonyl (C=O) groups excluding carboxylic acids is 1. The molecule has 2 aromatic rings. The van der Waals surface area contributed by atoms with Crippen LogP contribution in [0.5, 0.6) is 5.75 Å². The molecule has 0 spiro atoms. The summed E-state index contributed by atoms with van der Waals surface area (Å²) in [6.07, 6.45) is 1.83. The van der Waals surface area contributed by atoms with Crippen LogP contribution in [-0.4, -0.2) is 18.2 Å². The number of nitrogens with zero attached hydrogens (tertiary/aromatic N) is 1. The van der Waals surface area contributed by atoms with E-state index in [0.717, 1.165) is 21.5 Å². The van der Waals surface area contributed by atoms with E-state index in [4.69, 9.17) is 4.74 Å². The Morgan fingerprint density at radius 1 is 1.22 bits per heavy atom. The number of halogens is 1. The number of aliphatic imine (C=N–C) groups is 1. The molecule has 0 radical (unpaired) electrons. The second kappa shape index (κ2) is 7.02. The highest BCUT2D eigenvalue weighted by atomic mass is 79.9. The predicted molar refractivity (Wildman–Crippen MR) is 97.9 cm³/mol. The van der Waals surface area contributed by atoms with Gasteiger partial charge in [-0.05, 0) is 63.6 Å². The summed E-state index contributed by atoms with van der Waals surface area (Å²) >= 11 is 4.77. The minimum absolute atomic E-state index is 0.142. The molecule has 2 aromatic carbocycles. The summed E-state index contributed by atoms with van der Waals surface area (Å²) in [6, 6.07) is 15.2. The van der Waals surface area contributed by atoms with Crippen LogP contribution in [0, 0.1) is 0 Å². The molecule has 4 nitrogen and oxygen atoms in total. The van der Waals surface area contributed by atoms with Crippen molar-refractivity contribution >= 4 is 50.5 Å². The maximum atomic E-state index is 12.1. The molecular formula is C17H13BrN2O2S. The Bertz CT molecular complexity index is 803. The first kappa shape index (κ1) is 15.8. The van der Waals surface area contributed by atoms with E-state index in [9.17, 15) is 4.79 Å². The largest absolute Gasteiger partial charge is 0.496 e. The molecule has 1 fully saturated rings. The summed E-state index contributed by atoms with van der Waals surface area (Å²) in [5.74, 6) is 0.610. The van der Waals surface area contributed by atoms with E-state index >= 15 is 0 Å². The van der Waals surface area contributed by atoms with Crippen molar-refractivity contribution in [2.45, 2.75) is 0 Å². The van der Waals surface area contributed by atoms with Crippen LogP contribution >= 0.6 is 27.7 Å². The minimum Gasteiger partial charge on any atom is -0.496 e. The fraction of sp³-hybridized carbons (Fsp3) is 0.0588. The summed E-state index contributed by atoms with van der Waals surface area (Å²) in [6.45, 7) is 0. The molecule has 1 heterocycles. The summed E-state index contributed by atoms with van der Waals surface area (Å²) in [7, 11) is 1.62. The first-order valence-electron chi connectivity index (χ1n) is 6.84. The van der Waals surface area contributed by atoms with Crippen molar-refractivity contribution in [3.8, 4) is 5.75 Å². The van der Waals surface area contributed by atoms with Gasteiger partial charge in [-0.2, -0.15) is 0 Å². The van der Waals surface area contributed by atoms with Crippen LogP contribution in [0.1, 0.15) is 5.56 Å². The summed E-state index contributed by atoms with van der Waals surface area (Å²) in [4.78, 5) is 17.1. The van der Waals surface area contributed by atoms with Crippen LogP contribution < -0.4 is 10.1 Å². The van der Waals surface area contributed by atoms with Gasteiger partial charge in [0.2, 0.25) is 0 Å². The molecule has 1 aliphatic heterocycles. The van der Waals surface area contributed by atoms with E-state index in [1.54, 1.807) is 7.11 Å². The molecule has 1 amide bonds. The van der Waals surface area contributed by atoms with Crippen molar-refractivity contribution in [3.05, 3.63) is 63.5 Å². The number of carbonyl (C=O) groups is 1. The molecule has 23 heavy (non-hydrogen) atoms. The van der Waals surface area contributed by atoms with Crippen LogP contribution in [0.3, 0.4) is 0 Å². The Hall–Kier alpha value is -2.05. The first-order valence-corrected chi connectivity index (χ1v) is 8.45. The van der Waals surface area contributed by atoms with Gasteiger partial charge in [-0.3, -0.25) is 4.79 Å². The second-order valence-corrected chi connectivity index (χ2v) is 6.60. The zero-order chi connectivity index (χ0) is 16.2. The van der Waals surface area contributed by atoms with Crippen LogP contribution in [-0.2, 0) is 4.79 Å². The highest BCUT2D eigenvalue weighted by Crippen LogP contribution is 2.30. The summed E-state index contributed by atoms with van der Waals surface area (Å²) in [5, 5.41) is 3.36. The number of benzene rings is 2. The van der Waals surface area contributed by atoms with E-state index in [-0.39, 0.29) is 5.91 Å². The number of hydrogen-bond acceptors (Lipinski definition) is 4. The number of hydrogen-bond donors (Lipinski definition) is 1. The number of nitrogens with one attached hydrogen (secondary N) is 1. The second-order valence-electron chi connectivity index (χ2n) is 4.71. The number of ether oxygens (including phenoxy) is 1. The van der Waals surface area contributed by atoms with E-state index in [2.05, 4.69) is 26.2 Å². The Morgan fingerprint density at radius 2 is 2.00 bits per heavy atom. The van der Waals surface area contributed by atoms with Gasteiger partial charge >= 0.3 is 0 Å². The lowest BCUT2D eigenvalue weighted by molar-refractivity contribution is -0.115. The predicted octanol–water partition coefficient (Wildman–Crippen LogP) is 4.35. The third kappa shape index (κ3) is 3.83. The SMILES string of the molecule is COc1ccc(/C=C2\SC(=Nc3ccccc3)NC2=O)cc1Br. The van der Waals surface area contributed by atoms with Gasteiger partial charge in [0.25, 0.3) is 5.91 Å². The lowest BCUT2D eigenvalue weighted by Gasteiger charge is -2.03. The molecule has 3 rings (SSSR count). The zero-order valence-corrected chi connectivity index (χ0v) is 14.6. The van der Waals surface area contributed by atoms with Crippen molar-refractivity contribution < 1.29 is 9.53 Å². The van der Waals surface area contributed by atoms with E-state index in [1.165, 1.54) is 11.8 Å². The van der Waals surface area contributed by atoms with Crippen molar-refractivity contribution in [1.82, 2.24) is 5.32 Å². The number of rotatable bonds is 3. The smallest absolute Gasteiger partial charge is 0.264 e. The Labute approximate surface area is 146 Å². The fourth-order valence-corrected chi connectivity index (χ4v) is 3.42. The Morgan fingerprint density at radius 3 is 2.70 bits per heavy atom. The van der Waals surface area contributed by atoms with Crippen LogP contribution in [0.4, 0.5) is 5.69 Å². The van der Waals surface area contributed by atoms with Gasteiger partial charge in [0.05, 0.1) is 22.2 Å². The number of para-hydroxylation sites is 1. The number of thioether (sulfide) groups is 1. The number of methoxy groups -OCH3 is 1. The molecule has 0 atom stereocenters. The third-order valence-corrected chi connectivity index (χ3v) is 4.64. The van der Waals surface area contributed by atoms with E-state index in [1.807, 2.05) is 54.6 Å². The molecule has 0 aliphatic carbocycles. The van der Waals surface area contributed by atoms with Crippen molar-refractivity contribution in [2.75, 3.05) is 7.11 Å². The van der Waals surface area contributed by atoms with Gasteiger partial charge in [-0.15, -0.1) is 0 Å². The molecule has 0 saturated carbocycles. The first-order chi connectivity index (χ1) is 11.2. The average molecular weight is 389 g/mol. The summed E-state index contributed by atoms with van der Waals surface area (Å²) in [5.41, 5.74) is 1.72. The normalized spacial score (nSPS) is 17.6. The van der Waals surface area contributed by atoms with E-state index in [0.29, 0.717) is 10.1 Å². The number of amidine groups is 1. The van der Waals surface area contributed by atoms with Crippen molar-refractivity contribution in [2.24, 2.45) is 4.99 Å². The molecule has 0 unspecified atom stereocenters. The third-order valence-electron chi connectivity index (χ3n) is 3.11. The minimum atomic E-state index is -0.142. The van der Waals surface area contributed by atoms with Gasteiger partial charge in [0.1, 0.15) is 5.75 Å². The van der Waals surface area contributed by atoms with Gasteiger partial charge in [0.15, 0.2) is 5.17 Å². The Balaban J connectivity index is 1.83. The maximum Gasteiger partial charge on any atom is 0.264 e. The molecule has 1 aliphatic rings. The van der Waals surface area contributed by atoms with Crippen LogP contribution in [0.2, 0.25) is 0 Å². The molecule has 6 heteroatoms. The quantitative estimate of drug-likeness (QED) is 0.795. The van der Waals surface area contributed by atoms with Crippen molar-refractivity contribution in [3.63, 3.8) is 0 Å². The lowest BCUT2D eigenvalue weighted by atomic mass is 10.2. The van der Waals surface area contributed by atoms with Crippen molar-refractivity contribution in [1.29, 1.82) is 0 Å².